The Hall–Kier alpha value is -1.99. The molecular weight excluding hydrogens is 336 g/mol. The van der Waals surface area contributed by atoms with E-state index in [1.807, 2.05) is 23.6 Å². The molecule has 0 aliphatic rings. The van der Waals surface area contributed by atoms with Gasteiger partial charge in [0.15, 0.2) is 11.0 Å². The maximum Gasteiger partial charge on any atom is 0.227 e. The molecule has 1 heterocycles. The van der Waals surface area contributed by atoms with E-state index in [0.29, 0.717) is 28.3 Å². The van der Waals surface area contributed by atoms with Crippen LogP contribution in [0.5, 0.6) is 5.75 Å². The van der Waals surface area contributed by atoms with Gasteiger partial charge in [-0.2, -0.15) is 0 Å². The summed E-state index contributed by atoms with van der Waals surface area (Å²) in [7, 11) is 0. The Labute approximate surface area is 143 Å². The van der Waals surface area contributed by atoms with Crippen LogP contribution in [0, 0.1) is 6.92 Å². The van der Waals surface area contributed by atoms with Gasteiger partial charge in [0.1, 0.15) is 12.4 Å². The van der Waals surface area contributed by atoms with Gasteiger partial charge in [0.25, 0.3) is 0 Å². The lowest BCUT2D eigenvalue weighted by molar-refractivity contribution is -0.115. The number of aryl methyl sites for hydroxylation is 1. The van der Waals surface area contributed by atoms with Crippen molar-refractivity contribution in [2.24, 2.45) is 5.73 Å². The SMILES string of the molecule is C=CCn1c(COc2cc(C)ccc2Cl)nnc1SCC(N)=O. The van der Waals surface area contributed by atoms with Crippen LogP contribution in [0.4, 0.5) is 0 Å². The van der Waals surface area contributed by atoms with E-state index in [2.05, 4.69) is 16.8 Å². The number of carbonyl (C=O) groups is 1. The van der Waals surface area contributed by atoms with Crippen molar-refractivity contribution < 1.29 is 9.53 Å². The first-order valence-electron chi connectivity index (χ1n) is 6.84. The van der Waals surface area contributed by atoms with Crippen LogP contribution >= 0.6 is 23.4 Å². The molecule has 0 aliphatic heterocycles. The number of rotatable bonds is 8. The van der Waals surface area contributed by atoms with Gasteiger partial charge in [-0.25, -0.2) is 0 Å². The molecule has 0 spiro atoms. The predicted molar refractivity (Wildman–Crippen MR) is 90.7 cm³/mol. The first-order valence-corrected chi connectivity index (χ1v) is 8.20. The molecule has 2 aromatic rings. The van der Waals surface area contributed by atoms with Gasteiger partial charge in [0.2, 0.25) is 5.91 Å². The molecule has 23 heavy (non-hydrogen) atoms. The molecule has 0 fully saturated rings. The molecular formula is C15H17ClN4O2S. The van der Waals surface area contributed by atoms with Crippen molar-refractivity contribution in [1.29, 1.82) is 0 Å². The van der Waals surface area contributed by atoms with Gasteiger partial charge in [0, 0.05) is 6.54 Å². The van der Waals surface area contributed by atoms with Crippen LogP contribution in [0.2, 0.25) is 5.02 Å². The largest absolute Gasteiger partial charge is 0.484 e. The van der Waals surface area contributed by atoms with Crippen molar-refractivity contribution in [2.45, 2.75) is 25.2 Å². The number of carbonyl (C=O) groups excluding carboxylic acids is 1. The van der Waals surface area contributed by atoms with Crippen molar-refractivity contribution in [2.75, 3.05) is 5.75 Å². The monoisotopic (exact) mass is 352 g/mol. The van der Waals surface area contributed by atoms with E-state index < -0.39 is 5.91 Å². The van der Waals surface area contributed by atoms with Gasteiger partial charge in [-0.05, 0) is 24.6 Å². The third kappa shape index (κ3) is 4.74. The molecule has 8 heteroatoms. The normalized spacial score (nSPS) is 10.5. The summed E-state index contributed by atoms with van der Waals surface area (Å²) in [6, 6.07) is 5.56. The Morgan fingerprint density at radius 3 is 3.00 bits per heavy atom. The molecule has 0 radical (unpaired) electrons. The fraction of sp³-hybridized carbons (Fsp3) is 0.267. The number of benzene rings is 1. The van der Waals surface area contributed by atoms with Crippen LogP contribution in [-0.2, 0) is 17.9 Å². The lowest BCUT2D eigenvalue weighted by Gasteiger charge is -2.10. The Morgan fingerprint density at radius 2 is 2.30 bits per heavy atom. The molecule has 6 nitrogen and oxygen atoms in total. The van der Waals surface area contributed by atoms with Gasteiger partial charge in [-0.1, -0.05) is 35.5 Å². The second-order valence-corrected chi connectivity index (χ2v) is 6.13. The van der Waals surface area contributed by atoms with Crippen LogP contribution in [0.25, 0.3) is 0 Å². The van der Waals surface area contributed by atoms with Crippen molar-refractivity contribution in [3.63, 3.8) is 0 Å². The average molecular weight is 353 g/mol. The first kappa shape index (κ1) is 17.4. The number of aromatic nitrogens is 3. The molecule has 2 rings (SSSR count). The smallest absolute Gasteiger partial charge is 0.227 e. The van der Waals surface area contributed by atoms with Crippen LogP contribution in [0.1, 0.15) is 11.4 Å². The van der Waals surface area contributed by atoms with E-state index in [-0.39, 0.29) is 12.4 Å². The molecule has 1 amide bonds. The van der Waals surface area contributed by atoms with Crippen LogP contribution in [0.3, 0.4) is 0 Å². The van der Waals surface area contributed by atoms with E-state index in [1.54, 1.807) is 12.1 Å². The zero-order valence-electron chi connectivity index (χ0n) is 12.7. The van der Waals surface area contributed by atoms with Gasteiger partial charge in [-0.3, -0.25) is 9.36 Å². The van der Waals surface area contributed by atoms with Crippen LogP contribution in [-0.4, -0.2) is 26.4 Å². The molecule has 0 saturated heterocycles. The molecule has 0 atom stereocenters. The highest BCUT2D eigenvalue weighted by molar-refractivity contribution is 7.99. The summed E-state index contributed by atoms with van der Waals surface area (Å²) in [5.41, 5.74) is 6.21. The second-order valence-electron chi connectivity index (χ2n) is 4.78. The quantitative estimate of drug-likeness (QED) is 0.583. The van der Waals surface area contributed by atoms with E-state index in [9.17, 15) is 4.79 Å². The average Bonchev–Trinajstić information content (AvgIpc) is 2.89. The minimum atomic E-state index is -0.410. The number of thioether (sulfide) groups is 1. The Kier molecular flexibility index (Phi) is 6.06. The van der Waals surface area contributed by atoms with Crippen molar-refractivity contribution in [3.05, 3.63) is 47.3 Å². The van der Waals surface area contributed by atoms with Crippen molar-refractivity contribution in [1.82, 2.24) is 14.8 Å². The van der Waals surface area contributed by atoms with Crippen molar-refractivity contribution >= 4 is 29.3 Å². The summed E-state index contributed by atoms with van der Waals surface area (Å²) in [6.45, 7) is 6.40. The zero-order chi connectivity index (χ0) is 16.8. The van der Waals surface area contributed by atoms with Crippen molar-refractivity contribution in [3.8, 4) is 5.75 Å². The fourth-order valence-electron chi connectivity index (χ4n) is 1.84. The molecule has 1 aromatic heterocycles. The number of allylic oxidation sites excluding steroid dienone is 1. The van der Waals surface area contributed by atoms with E-state index in [1.165, 1.54) is 11.8 Å². The molecule has 0 saturated carbocycles. The zero-order valence-corrected chi connectivity index (χ0v) is 14.2. The number of primary amides is 1. The Balaban J connectivity index is 2.14. The van der Waals surface area contributed by atoms with Gasteiger partial charge >= 0.3 is 0 Å². The lowest BCUT2D eigenvalue weighted by atomic mass is 10.2. The summed E-state index contributed by atoms with van der Waals surface area (Å²) in [5.74, 6) is 0.938. The predicted octanol–water partition coefficient (Wildman–Crippen LogP) is 2.58. The maximum absolute atomic E-state index is 10.9. The summed E-state index contributed by atoms with van der Waals surface area (Å²) >= 11 is 7.34. The summed E-state index contributed by atoms with van der Waals surface area (Å²) in [5, 5.41) is 9.30. The third-order valence-corrected chi connectivity index (χ3v) is 4.19. The minimum Gasteiger partial charge on any atom is -0.484 e. The standard InChI is InChI=1S/C15H17ClN4O2S/c1-3-6-20-14(18-19-15(20)23-9-13(17)21)8-22-12-7-10(2)4-5-11(12)16/h3-5,7H,1,6,8-9H2,2H3,(H2,17,21). The number of nitrogens with zero attached hydrogens (tertiary/aromatic N) is 3. The number of halogens is 1. The van der Waals surface area contributed by atoms with Gasteiger partial charge in [0.05, 0.1) is 10.8 Å². The van der Waals surface area contributed by atoms with Gasteiger partial charge < -0.3 is 10.5 Å². The number of hydrogen-bond acceptors (Lipinski definition) is 5. The molecule has 0 aliphatic carbocycles. The highest BCUT2D eigenvalue weighted by Gasteiger charge is 2.14. The number of hydrogen-bond donors (Lipinski definition) is 1. The minimum absolute atomic E-state index is 0.139. The van der Waals surface area contributed by atoms with E-state index in [0.717, 1.165) is 5.56 Å². The molecule has 0 bridgehead atoms. The topological polar surface area (TPSA) is 83.0 Å². The highest BCUT2D eigenvalue weighted by atomic mass is 35.5. The fourth-order valence-corrected chi connectivity index (χ4v) is 2.72. The summed E-state index contributed by atoms with van der Waals surface area (Å²) < 4.78 is 7.56. The summed E-state index contributed by atoms with van der Waals surface area (Å²) in [6.07, 6.45) is 1.72. The Morgan fingerprint density at radius 1 is 1.52 bits per heavy atom. The third-order valence-electron chi connectivity index (χ3n) is 2.89. The maximum atomic E-state index is 10.9. The van der Waals surface area contributed by atoms with Crippen LogP contribution in [0.15, 0.2) is 36.0 Å². The van der Waals surface area contributed by atoms with E-state index >= 15 is 0 Å². The Bertz CT molecular complexity index is 717. The van der Waals surface area contributed by atoms with Gasteiger partial charge in [-0.15, -0.1) is 16.8 Å². The van der Waals surface area contributed by atoms with E-state index in [4.69, 9.17) is 22.1 Å². The molecule has 1 aromatic carbocycles. The second kappa shape index (κ2) is 8.03. The molecule has 2 N–H and O–H groups in total. The molecule has 0 unspecified atom stereocenters. The lowest BCUT2D eigenvalue weighted by Crippen LogP contribution is -2.14. The first-order chi connectivity index (χ1) is 11.0. The highest BCUT2D eigenvalue weighted by Crippen LogP contribution is 2.26. The number of nitrogens with two attached hydrogens (primary N) is 1. The molecule has 122 valence electrons. The van der Waals surface area contributed by atoms with Crippen LogP contribution < -0.4 is 10.5 Å². The number of amides is 1. The number of ether oxygens (including phenoxy) is 1. The summed E-state index contributed by atoms with van der Waals surface area (Å²) in [4.78, 5) is 10.9.